The molecule has 19 heavy (non-hydrogen) atoms. The first-order valence-corrected chi connectivity index (χ1v) is 7.75. The second-order valence-corrected chi connectivity index (χ2v) is 7.18. The number of hydrogen-bond acceptors (Lipinski definition) is 4. The van der Waals surface area contributed by atoms with E-state index >= 15 is 0 Å². The molecule has 4 unspecified atom stereocenters. The third-order valence-electron chi connectivity index (χ3n) is 4.69. The molecule has 1 N–H and O–H groups in total. The first kappa shape index (κ1) is 13.1. The summed E-state index contributed by atoms with van der Waals surface area (Å²) in [5.41, 5.74) is 1.14. The van der Waals surface area contributed by atoms with Crippen LogP contribution in [0.25, 0.3) is 0 Å². The molecule has 3 heterocycles. The molecule has 5 heteroatoms. The fourth-order valence-electron chi connectivity index (χ4n) is 3.97. The van der Waals surface area contributed by atoms with Crippen LogP contribution in [-0.4, -0.2) is 33.0 Å². The van der Waals surface area contributed by atoms with E-state index in [1.54, 1.807) is 11.3 Å². The molecule has 2 saturated heterocycles. The lowest BCUT2D eigenvalue weighted by Gasteiger charge is -2.29. The van der Waals surface area contributed by atoms with Crippen molar-refractivity contribution in [2.75, 3.05) is 0 Å². The highest BCUT2D eigenvalue weighted by Gasteiger charge is 2.51. The van der Waals surface area contributed by atoms with Gasteiger partial charge in [0.2, 0.25) is 0 Å². The van der Waals surface area contributed by atoms with Gasteiger partial charge in [-0.25, -0.2) is 4.98 Å². The number of rotatable bonds is 3. The SMILES string of the molecule is Cc1nc(C(C)N2C3CCC2C(C(=O)O)C3)c(C)s1. The molecule has 2 bridgehead atoms. The fraction of sp³-hybridized carbons (Fsp3) is 0.714. The van der Waals surface area contributed by atoms with Gasteiger partial charge in [-0.3, -0.25) is 9.69 Å². The van der Waals surface area contributed by atoms with Gasteiger partial charge in [-0.05, 0) is 40.0 Å². The van der Waals surface area contributed by atoms with E-state index in [9.17, 15) is 9.90 Å². The van der Waals surface area contributed by atoms with Crippen LogP contribution in [-0.2, 0) is 4.79 Å². The van der Waals surface area contributed by atoms with Gasteiger partial charge < -0.3 is 5.11 Å². The number of thiazole rings is 1. The normalized spacial score (nSPS) is 31.8. The molecule has 0 aromatic carbocycles. The van der Waals surface area contributed by atoms with Crippen LogP contribution in [0.3, 0.4) is 0 Å². The number of fused-ring (bicyclic) bond motifs is 2. The lowest BCUT2D eigenvalue weighted by molar-refractivity contribution is -0.142. The molecule has 2 aliphatic rings. The summed E-state index contributed by atoms with van der Waals surface area (Å²) in [6.45, 7) is 6.33. The van der Waals surface area contributed by atoms with Crippen molar-refractivity contribution in [2.45, 2.75) is 58.2 Å². The molecule has 3 rings (SSSR count). The molecule has 2 aliphatic heterocycles. The summed E-state index contributed by atoms with van der Waals surface area (Å²) in [7, 11) is 0. The highest BCUT2D eigenvalue weighted by atomic mass is 32.1. The molecule has 1 aromatic rings. The number of carbonyl (C=O) groups is 1. The highest BCUT2D eigenvalue weighted by Crippen LogP contribution is 2.46. The monoisotopic (exact) mass is 280 g/mol. The van der Waals surface area contributed by atoms with Crippen molar-refractivity contribution < 1.29 is 9.90 Å². The van der Waals surface area contributed by atoms with Gasteiger partial charge >= 0.3 is 5.97 Å². The van der Waals surface area contributed by atoms with Gasteiger partial charge in [0.1, 0.15) is 0 Å². The topological polar surface area (TPSA) is 53.4 Å². The molecule has 2 fully saturated rings. The number of aliphatic carboxylic acids is 1. The molecule has 4 nitrogen and oxygen atoms in total. The van der Waals surface area contributed by atoms with Gasteiger partial charge in [0, 0.05) is 17.0 Å². The number of carboxylic acids is 1. The molecular formula is C14H20N2O2S. The Balaban J connectivity index is 1.87. The van der Waals surface area contributed by atoms with Gasteiger partial charge in [0.05, 0.1) is 22.7 Å². The van der Waals surface area contributed by atoms with Crippen LogP contribution in [0, 0.1) is 19.8 Å². The molecule has 1 aromatic heterocycles. The average molecular weight is 280 g/mol. The average Bonchev–Trinajstić information content (AvgIpc) is 3.00. The molecule has 4 atom stereocenters. The zero-order valence-electron chi connectivity index (χ0n) is 11.6. The predicted octanol–water partition coefficient (Wildman–Crippen LogP) is 2.76. The summed E-state index contributed by atoms with van der Waals surface area (Å²) in [5.74, 6) is -0.809. The Hall–Kier alpha value is -0.940. The van der Waals surface area contributed by atoms with Crippen molar-refractivity contribution in [1.82, 2.24) is 9.88 Å². The minimum atomic E-state index is -0.629. The van der Waals surface area contributed by atoms with Crippen LogP contribution < -0.4 is 0 Å². The zero-order valence-corrected chi connectivity index (χ0v) is 12.4. The van der Waals surface area contributed by atoms with E-state index in [1.165, 1.54) is 4.88 Å². The molecule has 0 spiro atoms. The second kappa shape index (κ2) is 4.56. The molecule has 0 saturated carbocycles. The summed E-state index contributed by atoms with van der Waals surface area (Å²) in [5, 5.41) is 10.4. The number of aromatic nitrogens is 1. The molecule has 0 aliphatic carbocycles. The summed E-state index contributed by atoms with van der Waals surface area (Å²) >= 11 is 1.73. The predicted molar refractivity (Wildman–Crippen MR) is 74.4 cm³/mol. The van der Waals surface area contributed by atoms with E-state index < -0.39 is 5.97 Å². The Bertz CT molecular complexity index is 514. The maximum absolute atomic E-state index is 11.3. The van der Waals surface area contributed by atoms with Crippen molar-refractivity contribution in [2.24, 2.45) is 5.92 Å². The maximum atomic E-state index is 11.3. The number of hydrogen-bond donors (Lipinski definition) is 1. The summed E-state index contributed by atoms with van der Waals surface area (Å²) < 4.78 is 0. The Morgan fingerprint density at radius 3 is 2.74 bits per heavy atom. The number of nitrogens with zero attached hydrogens (tertiary/aromatic N) is 2. The van der Waals surface area contributed by atoms with Crippen LogP contribution in [0.2, 0.25) is 0 Å². The van der Waals surface area contributed by atoms with Crippen LogP contribution in [0.5, 0.6) is 0 Å². The van der Waals surface area contributed by atoms with E-state index in [0.717, 1.165) is 30.0 Å². The smallest absolute Gasteiger partial charge is 0.308 e. The standard InChI is InChI=1S/C14H20N2O2S/c1-7(13-8(2)19-9(3)15-13)16-10-4-5-12(16)11(6-10)14(17)18/h7,10-12H,4-6H2,1-3H3,(H,17,18). The Morgan fingerprint density at radius 2 is 2.21 bits per heavy atom. The largest absolute Gasteiger partial charge is 0.481 e. The first-order valence-electron chi connectivity index (χ1n) is 6.93. The third kappa shape index (κ3) is 1.99. The summed E-state index contributed by atoms with van der Waals surface area (Å²) in [4.78, 5) is 19.7. The number of aryl methyl sites for hydroxylation is 2. The fourth-order valence-corrected chi connectivity index (χ4v) is 4.88. The Morgan fingerprint density at radius 1 is 1.47 bits per heavy atom. The lowest BCUT2D eigenvalue weighted by atomic mass is 9.89. The quantitative estimate of drug-likeness (QED) is 0.925. The van der Waals surface area contributed by atoms with Crippen molar-refractivity contribution in [3.63, 3.8) is 0 Å². The molecule has 0 radical (unpaired) electrons. The van der Waals surface area contributed by atoms with Crippen molar-refractivity contribution >= 4 is 17.3 Å². The van der Waals surface area contributed by atoms with Crippen LogP contribution in [0.15, 0.2) is 0 Å². The number of carboxylic acid groups (broad SMARTS) is 1. The van der Waals surface area contributed by atoms with E-state index in [1.807, 2.05) is 6.92 Å². The second-order valence-electron chi connectivity index (χ2n) is 5.78. The van der Waals surface area contributed by atoms with Crippen LogP contribution >= 0.6 is 11.3 Å². The summed E-state index contributed by atoms with van der Waals surface area (Å²) in [6.07, 6.45) is 2.97. The van der Waals surface area contributed by atoms with Gasteiger partial charge in [-0.1, -0.05) is 0 Å². The third-order valence-corrected chi connectivity index (χ3v) is 5.59. The van der Waals surface area contributed by atoms with E-state index in [4.69, 9.17) is 0 Å². The maximum Gasteiger partial charge on any atom is 0.308 e. The Kier molecular flexibility index (Phi) is 3.14. The molecular weight excluding hydrogens is 260 g/mol. The molecule has 104 valence electrons. The Labute approximate surface area is 117 Å². The van der Waals surface area contributed by atoms with Crippen molar-refractivity contribution in [3.05, 3.63) is 15.6 Å². The van der Waals surface area contributed by atoms with Crippen molar-refractivity contribution in [1.29, 1.82) is 0 Å². The van der Waals surface area contributed by atoms with Gasteiger partial charge in [0.25, 0.3) is 0 Å². The van der Waals surface area contributed by atoms with E-state index in [0.29, 0.717) is 6.04 Å². The van der Waals surface area contributed by atoms with Gasteiger partial charge in [-0.2, -0.15) is 0 Å². The van der Waals surface area contributed by atoms with E-state index in [-0.39, 0.29) is 18.0 Å². The molecule has 0 amide bonds. The van der Waals surface area contributed by atoms with Crippen molar-refractivity contribution in [3.8, 4) is 0 Å². The van der Waals surface area contributed by atoms with Crippen LogP contribution in [0.1, 0.15) is 47.8 Å². The zero-order chi connectivity index (χ0) is 13.7. The first-order chi connectivity index (χ1) is 8.99. The van der Waals surface area contributed by atoms with Gasteiger partial charge in [0.15, 0.2) is 0 Å². The van der Waals surface area contributed by atoms with Crippen LogP contribution in [0.4, 0.5) is 0 Å². The highest BCUT2D eigenvalue weighted by molar-refractivity contribution is 7.11. The minimum absolute atomic E-state index is 0.179. The lowest BCUT2D eigenvalue weighted by Crippen LogP contribution is -2.35. The van der Waals surface area contributed by atoms with E-state index in [2.05, 4.69) is 23.7 Å². The van der Waals surface area contributed by atoms with Gasteiger partial charge in [-0.15, -0.1) is 11.3 Å². The minimum Gasteiger partial charge on any atom is -0.481 e. The summed E-state index contributed by atoms with van der Waals surface area (Å²) in [6, 6.07) is 0.883.